The summed E-state index contributed by atoms with van der Waals surface area (Å²) in [5, 5.41) is 11.4. The average Bonchev–Trinajstić information content (AvgIpc) is 3.39. The lowest BCUT2D eigenvalue weighted by atomic mass is 9.65. The Balaban J connectivity index is 1.87. The molecule has 208 valence electrons. The Labute approximate surface area is 235 Å². The van der Waals surface area contributed by atoms with Crippen molar-refractivity contribution in [1.82, 2.24) is 0 Å². The van der Waals surface area contributed by atoms with Crippen LogP contribution < -0.4 is 8.92 Å². The quantitative estimate of drug-likeness (QED) is 0.209. The molecule has 0 spiro atoms. The molecule has 1 aliphatic heterocycles. The van der Waals surface area contributed by atoms with Crippen molar-refractivity contribution in [2.75, 3.05) is 20.3 Å². The molecule has 39 heavy (non-hydrogen) atoms. The first-order valence-corrected chi connectivity index (χ1v) is 13.8. The van der Waals surface area contributed by atoms with Crippen molar-refractivity contribution < 1.29 is 28.0 Å². The number of nitrogens with zero attached hydrogens (tertiary/aromatic N) is 1. The summed E-state index contributed by atoms with van der Waals surface area (Å²) in [6, 6.07) is 7.58. The van der Waals surface area contributed by atoms with Crippen LogP contribution in [0.3, 0.4) is 0 Å². The molecule has 1 fully saturated rings. The summed E-state index contributed by atoms with van der Waals surface area (Å²) in [6.07, 6.45) is 11.0. The van der Waals surface area contributed by atoms with E-state index in [0.717, 1.165) is 5.56 Å². The van der Waals surface area contributed by atoms with Crippen LogP contribution >= 0.6 is 0 Å². The highest BCUT2D eigenvalue weighted by molar-refractivity contribution is 7.77. The van der Waals surface area contributed by atoms with Gasteiger partial charge in [-0.3, -0.25) is 13.8 Å². The van der Waals surface area contributed by atoms with E-state index >= 15 is 0 Å². The van der Waals surface area contributed by atoms with Crippen molar-refractivity contribution in [3.05, 3.63) is 65.1 Å². The van der Waals surface area contributed by atoms with E-state index in [1.54, 1.807) is 39.2 Å². The summed E-state index contributed by atoms with van der Waals surface area (Å²) in [7, 11) is 1.58. The maximum Gasteiger partial charge on any atom is 0.229 e. The summed E-state index contributed by atoms with van der Waals surface area (Å²) in [6.45, 7) is 11.8. The van der Waals surface area contributed by atoms with Gasteiger partial charge in [0.05, 0.1) is 31.3 Å². The number of carbonyl (C=O) groups excluding carboxylic acids is 2. The standard InChI is InChI=1S/C31H37NO6S/c1-8-17-39-38-24-10-9-22(18-25(24)35-7)11-14-31(36-15-16-37-31)29(4,5)26(33)12-13-30(6)19-23(20-32)27(34)28(2,3)21-30/h8-14,17-19H,15-16,21H2,1-7H3/p+1/b13-12+,14-11+,17-8+/t30-/m0/s1. The van der Waals surface area contributed by atoms with Crippen LogP contribution in [0.15, 0.2) is 59.6 Å². The van der Waals surface area contributed by atoms with Crippen LogP contribution in [0.2, 0.25) is 0 Å². The number of thiol groups is 1. The Morgan fingerprint density at radius 1 is 1.15 bits per heavy atom. The summed E-state index contributed by atoms with van der Waals surface area (Å²) >= 11 is 0.694. The van der Waals surface area contributed by atoms with Crippen molar-refractivity contribution in [1.29, 1.82) is 5.26 Å². The third kappa shape index (κ3) is 6.55. The summed E-state index contributed by atoms with van der Waals surface area (Å²) in [4.78, 5) is 26.2. The van der Waals surface area contributed by atoms with E-state index in [0.29, 0.717) is 43.2 Å². The lowest BCUT2D eigenvalue weighted by Crippen LogP contribution is -2.48. The van der Waals surface area contributed by atoms with E-state index in [9.17, 15) is 14.9 Å². The summed E-state index contributed by atoms with van der Waals surface area (Å²) in [5.41, 5.74) is -1.45. The van der Waals surface area contributed by atoms with E-state index < -0.39 is 22.0 Å². The molecule has 0 bridgehead atoms. The fourth-order valence-corrected chi connectivity index (χ4v) is 5.44. The monoisotopic (exact) mass is 552 g/mol. The van der Waals surface area contributed by atoms with Gasteiger partial charge >= 0.3 is 0 Å². The van der Waals surface area contributed by atoms with Crippen LogP contribution in [-0.2, 0) is 31.1 Å². The zero-order valence-corrected chi connectivity index (χ0v) is 24.6. The number of hydrogen-bond acceptors (Lipinski definition) is 7. The van der Waals surface area contributed by atoms with Gasteiger partial charge in [-0.25, -0.2) is 0 Å². The molecule has 1 saturated heterocycles. The van der Waals surface area contributed by atoms with Crippen molar-refractivity contribution in [2.24, 2.45) is 16.2 Å². The topological polar surface area (TPSA) is 94.9 Å². The lowest BCUT2D eigenvalue weighted by molar-refractivity contribution is -0.191. The predicted molar refractivity (Wildman–Crippen MR) is 154 cm³/mol. The zero-order chi connectivity index (χ0) is 28.9. The maximum atomic E-state index is 13.6. The van der Waals surface area contributed by atoms with E-state index in [2.05, 4.69) is 0 Å². The molecule has 3 rings (SSSR count). The number of Topliss-reactive ketones (excluding diaryl/α,β-unsaturated/α-hetero) is 1. The first-order chi connectivity index (χ1) is 18.3. The molecular weight excluding hydrogens is 514 g/mol. The fraction of sp³-hybridized carbons (Fsp3) is 0.452. The van der Waals surface area contributed by atoms with E-state index in [-0.39, 0.29) is 17.1 Å². The Bertz CT molecular complexity index is 1260. The van der Waals surface area contributed by atoms with Gasteiger partial charge in [-0.15, -0.1) is 0 Å². The molecular formula is C31H38NO6S+. The van der Waals surface area contributed by atoms with Crippen LogP contribution in [0.4, 0.5) is 0 Å². The second-order valence-corrected chi connectivity index (χ2v) is 11.9. The highest BCUT2D eigenvalue weighted by atomic mass is 32.2. The summed E-state index contributed by atoms with van der Waals surface area (Å²) < 4.78 is 23.3. The van der Waals surface area contributed by atoms with Gasteiger partial charge in [0.15, 0.2) is 22.7 Å². The smallest absolute Gasteiger partial charge is 0.229 e. The minimum absolute atomic E-state index is 0.125. The molecule has 1 aromatic carbocycles. The van der Waals surface area contributed by atoms with Gasteiger partial charge in [0.25, 0.3) is 0 Å². The van der Waals surface area contributed by atoms with Crippen LogP contribution in [0.25, 0.3) is 6.08 Å². The molecule has 1 aromatic rings. The van der Waals surface area contributed by atoms with Crippen LogP contribution in [0.5, 0.6) is 11.5 Å². The Morgan fingerprint density at radius 2 is 1.85 bits per heavy atom. The Hall–Kier alpha value is -3.12. The first-order valence-electron chi connectivity index (χ1n) is 12.9. The number of rotatable bonds is 10. The number of methoxy groups -OCH3 is 1. The summed E-state index contributed by atoms with van der Waals surface area (Å²) in [5.74, 6) is -0.443. The lowest BCUT2D eigenvalue weighted by Gasteiger charge is -2.39. The number of nitriles is 1. The molecule has 2 aliphatic rings. The van der Waals surface area contributed by atoms with Crippen molar-refractivity contribution >= 4 is 29.7 Å². The third-order valence-corrected chi connectivity index (χ3v) is 7.86. The molecule has 1 atom stereocenters. The van der Waals surface area contributed by atoms with Gasteiger partial charge in [-0.1, -0.05) is 45.1 Å². The molecule has 0 amide bonds. The maximum absolute atomic E-state index is 13.6. The van der Waals surface area contributed by atoms with Crippen molar-refractivity contribution in [3.63, 3.8) is 0 Å². The molecule has 7 nitrogen and oxygen atoms in total. The van der Waals surface area contributed by atoms with E-state index in [1.165, 1.54) is 6.08 Å². The van der Waals surface area contributed by atoms with Gasteiger partial charge in [0, 0.05) is 10.8 Å². The minimum atomic E-state index is -1.28. The van der Waals surface area contributed by atoms with Crippen LogP contribution in [0.1, 0.15) is 53.5 Å². The number of allylic oxidation sites excluding steroid dienone is 5. The van der Waals surface area contributed by atoms with Gasteiger partial charge in [0.1, 0.15) is 6.07 Å². The second-order valence-electron chi connectivity index (χ2n) is 11.2. The molecule has 1 heterocycles. The zero-order valence-electron chi connectivity index (χ0n) is 23.7. The highest BCUT2D eigenvalue weighted by Crippen LogP contribution is 2.45. The van der Waals surface area contributed by atoms with Gasteiger partial charge in [-0.05, 0) is 63.1 Å². The molecule has 0 N–H and O–H groups in total. The molecule has 1 aliphatic carbocycles. The van der Waals surface area contributed by atoms with Crippen molar-refractivity contribution in [2.45, 2.75) is 53.8 Å². The van der Waals surface area contributed by atoms with Crippen molar-refractivity contribution in [3.8, 4) is 17.6 Å². The molecule has 0 aromatic heterocycles. The molecule has 8 heteroatoms. The van der Waals surface area contributed by atoms with Crippen LogP contribution in [-0.4, -0.2) is 37.7 Å². The SMILES string of the molecule is C/C=C/[SH+]Oc1ccc(/C=C/C2(C(C)(C)C(=O)/C=C/[C@@]3(C)C=C(C#N)C(=O)C(C)(C)C3)OCCO2)cc1OC. The second kappa shape index (κ2) is 12.0. The first kappa shape index (κ1) is 30.4. The number of ether oxygens (including phenoxy) is 3. The average molecular weight is 553 g/mol. The van der Waals surface area contributed by atoms with Crippen LogP contribution in [0, 0.1) is 27.6 Å². The minimum Gasteiger partial charge on any atom is -0.493 e. The molecule has 0 radical (unpaired) electrons. The van der Waals surface area contributed by atoms with E-state index in [4.69, 9.17) is 18.4 Å². The van der Waals surface area contributed by atoms with Gasteiger partial charge in [-0.2, -0.15) is 5.26 Å². The largest absolute Gasteiger partial charge is 0.493 e. The Morgan fingerprint density at radius 3 is 2.46 bits per heavy atom. The number of ketones is 2. The Kier molecular flexibility index (Phi) is 9.32. The highest BCUT2D eigenvalue weighted by Gasteiger charge is 2.52. The number of benzene rings is 1. The molecule has 0 saturated carbocycles. The fourth-order valence-electron chi connectivity index (χ4n) is 4.99. The third-order valence-electron chi connectivity index (χ3n) is 7.14. The van der Waals surface area contributed by atoms with Gasteiger partial charge in [0.2, 0.25) is 23.6 Å². The molecule has 0 unspecified atom stereocenters. The normalized spacial score (nSPS) is 22.8. The number of hydrogen-bond donors (Lipinski definition) is 0. The van der Waals surface area contributed by atoms with E-state index in [1.807, 2.05) is 69.5 Å². The predicted octanol–water partition coefficient (Wildman–Crippen LogP) is 5.70. The van der Waals surface area contributed by atoms with Gasteiger partial charge < -0.3 is 14.2 Å². The number of carbonyl (C=O) groups is 2.